The molecule has 0 radical (unpaired) electrons. The predicted molar refractivity (Wildman–Crippen MR) is 129 cm³/mol. The van der Waals surface area contributed by atoms with E-state index in [1.54, 1.807) is 18.2 Å². The number of amides is 2. The summed E-state index contributed by atoms with van der Waals surface area (Å²) < 4.78 is 15.8. The van der Waals surface area contributed by atoms with Crippen LogP contribution in [0.1, 0.15) is 16.2 Å². The van der Waals surface area contributed by atoms with Gasteiger partial charge in [-0.15, -0.1) is 11.3 Å². The Bertz CT molecular complexity index is 1480. The zero-order valence-corrected chi connectivity index (χ0v) is 18.6. The van der Waals surface area contributed by atoms with Gasteiger partial charge in [0.2, 0.25) is 5.91 Å². The van der Waals surface area contributed by atoms with E-state index in [9.17, 15) is 14.0 Å². The van der Waals surface area contributed by atoms with Crippen LogP contribution in [0.3, 0.4) is 0 Å². The second kappa shape index (κ2) is 9.24. The average molecular weight is 472 g/mol. The van der Waals surface area contributed by atoms with Crippen molar-refractivity contribution in [1.29, 1.82) is 0 Å². The first kappa shape index (κ1) is 21.5. The number of carbonyl (C=O) groups is 2. The number of rotatable bonds is 6. The number of halogens is 1. The molecule has 2 aromatic carbocycles. The molecule has 2 N–H and O–H groups in total. The van der Waals surface area contributed by atoms with Crippen molar-refractivity contribution in [3.8, 4) is 11.3 Å². The van der Waals surface area contributed by atoms with E-state index in [4.69, 9.17) is 0 Å². The second-order valence-corrected chi connectivity index (χ2v) is 8.29. The van der Waals surface area contributed by atoms with Crippen molar-refractivity contribution in [3.63, 3.8) is 0 Å². The van der Waals surface area contributed by atoms with Crippen LogP contribution in [0.15, 0.2) is 84.5 Å². The van der Waals surface area contributed by atoms with E-state index in [2.05, 4.69) is 20.6 Å². The lowest BCUT2D eigenvalue weighted by molar-refractivity contribution is -0.115. The van der Waals surface area contributed by atoms with Crippen molar-refractivity contribution in [2.45, 2.75) is 6.42 Å². The molecule has 5 rings (SSSR count). The standard InChI is InChI=1S/C25H18FN5O2S/c26-17-9-10-19(29-24(33)20-8-4-5-11-27-20)21(12-17)28-23(32)13-18-15-34-25-30-22(14-31(18)25)16-6-2-1-3-7-16/h1-12,14-15H,13H2,(H,28,32)(H,29,33). The summed E-state index contributed by atoms with van der Waals surface area (Å²) in [5.41, 5.74) is 3.20. The second-order valence-electron chi connectivity index (χ2n) is 7.46. The maximum absolute atomic E-state index is 13.9. The number of pyridine rings is 1. The molecule has 0 aliphatic heterocycles. The summed E-state index contributed by atoms with van der Waals surface area (Å²) in [4.78, 5) is 34.7. The van der Waals surface area contributed by atoms with Crippen LogP contribution in [0.5, 0.6) is 0 Å². The van der Waals surface area contributed by atoms with Gasteiger partial charge in [-0.05, 0) is 30.3 Å². The van der Waals surface area contributed by atoms with E-state index in [0.29, 0.717) is 0 Å². The maximum Gasteiger partial charge on any atom is 0.274 e. The summed E-state index contributed by atoms with van der Waals surface area (Å²) >= 11 is 1.44. The fraction of sp³-hybridized carbons (Fsp3) is 0.0400. The molecule has 0 aliphatic rings. The number of nitrogens with zero attached hydrogens (tertiary/aromatic N) is 3. The summed E-state index contributed by atoms with van der Waals surface area (Å²) in [7, 11) is 0. The van der Waals surface area contributed by atoms with Gasteiger partial charge in [-0.25, -0.2) is 9.37 Å². The van der Waals surface area contributed by atoms with E-state index in [0.717, 1.165) is 21.9 Å². The van der Waals surface area contributed by atoms with Crippen molar-refractivity contribution in [3.05, 3.63) is 102 Å². The fourth-order valence-corrected chi connectivity index (χ4v) is 4.35. The molecule has 34 heavy (non-hydrogen) atoms. The van der Waals surface area contributed by atoms with Crippen molar-refractivity contribution >= 4 is 39.5 Å². The highest BCUT2D eigenvalue weighted by molar-refractivity contribution is 7.15. The number of benzene rings is 2. The average Bonchev–Trinajstić information content (AvgIpc) is 3.44. The Balaban J connectivity index is 1.34. The van der Waals surface area contributed by atoms with Gasteiger partial charge in [0.05, 0.1) is 23.5 Å². The number of hydrogen-bond acceptors (Lipinski definition) is 5. The number of aromatic nitrogens is 3. The summed E-state index contributed by atoms with van der Waals surface area (Å²) in [5, 5.41) is 7.25. The van der Waals surface area contributed by atoms with Crippen LogP contribution in [0.2, 0.25) is 0 Å². The van der Waals surface area contributed by atoms with E-state index in [1.165, 1.54) is 35.7 Å². The van der Waals surface area contributed by atoms with Gasteiger partial charge in [0.1, 0.15) is 11.5 Å². The number of imidazole rings is 1. The zero-order chi connectivity index (χ0) is 23.5. The molecule has 3 heterocycles. The Labute approximate surface area is 197 Å². The van der Waals surface area contributed by atoms with E-state index < -0.39 is 11.7 Å². The number of carbonyl (C=O) groups excluding carboxylic acids is 2. The normalized spacial score (nSPS) is 10.9. The molecule has 0 unspecified atom stereocenters. The van der Waals surface area contributed by atoms with Gasteiger partial charge in [-0.2, -0.15) is 0 Å². The minimum absolute atomic E-state index is 0.0503. The van der Waals surface area contributed by atoms with Crippen molar-refractivity contribution in [2.75, 3.05) is 10.6 Å². The van der Waals surface area contributed by atoms with Gasteiger partial charge in [0.15, 0.2) is 4.96 Å². The molecule has 0 saturated heterocycles. The summed E-state index contributed by atoms with van der Waals surface area (Å²) in [5.74, 6) is -1.35. The molecule has 3 aromatic heterocycles. The number of anilines is 2. The first-order valence-electron chi connectivity index (χ1n) is 10.4. The lowest BCUT2D eigenvalue weighted by atomic mass is 10.2. The quantitative estimate of drug-likeness (QED) is 0.364. The third-order valence-electron chi connectivity index (χ3n) is 5.10. The molecule has 0 fully saturated rings. The smallest absolute Gasteiger partial charge is 0.274 e. The maximum atomic E-state index is 13.9. The molecule has 7 nitrogen and oxygen atoms in total. The van der Waals surface area contributed by atoms with Crippen LogP contribution in [0, 0.1) is 5.82 Å². The largest absolute Gasteiger partial charge is 0.324 e. The Hall–Kier alpha value is -4.37. The van der Waals surface area contributed by atoms with Crippen molar-refractivity contribution in [2.24, 2.45) is 0 Å². The first-order valence-corrected chi connectivity index (χ1v) is 11.3. The lowest BCUT2D eigenvalue weighted by Gasteiger charge is -2.12. The van der Waals surface area contributed by atoms with Crippen LogP contribution >= 0.6 is 11.3 Å². The van der Waals surface area contributed by atoms with Crippen LogP contribution in [-0.4, -0.2) is 26.2 Å². The molecule has 2 amide bonds. The monoisotopic (exact) mass is 471 g/mol. The summed E-state index contributed by atoms with van der Waals surface area (Å²) in [6.45, 7) is 0. The third kappa shape index (κ3) is 4.55. The van der Waals surface area contributed by atoms with Crippen molar-refractivity contribution < 1.29 is 14.0 Å². The predicted octanol–water partition coefficient (Wildman–Crippen LogP) is 5.03. The molecule has 0 aliphatic carbocycles. The number of nitrogens with one attached hydrogen (secondary N) is 2. The van der Waals surface area contributed by atoms with Gasteiger partial charge in [-0.3, -0.25) is 19.0 Å². The van der Waals surface area contributed by atoms with Crippen LogP contribution in [0.25, 0.3) is 16.2 Å². The van der Waals surface area contributed by atoms with E-state index in [-0.39, 0.29) is 29.4 Å². The van der Waals surface area contributed by atoms with E-state index in [1.807, 2.05) is 46.3 Å². The van der Waals surface area contributed by atoms with Crippen LogP contribution in [-0.2, 0) is 11.2 Å². The van der Waals surface area contributed by atoms with Gasteiger partial charge < -0.3 is 10.6 Å². The molecule has 9 heteroatoms. The third-order valence-corrected chi connectivity index (χ3v) is 5.98. The molecule has 0 spiro atoms. The topological polar surface area (TPSA) is 88.4 Å². The molecule has 0 saturated carbocycles. The molecule has 0 bridgehead atoms. The SMILES string of the molecule is O=C(Cc1csc2nc(-c3ccccc3)cn12)Nc1cc(F)ccc1NC(=O)c1ccccn1. The molecular formula is C25H18FN5O2S. The van der Waals surface area contributed by atoms with Gasteiger partial charge in [0.25, 0.3) is 5.91 Å². The Morgan fingerprint density at radius 1 is 0.971 bits per heavy atom. The minimum Gasteiger partial charge on any atom is -0.324 e. The molecular weight excluding hydrogens is 453 g/mol. The minimum atomic E-state index is -0.536. The summed E-state index contributed by atoms with van der Waals surface area (Å²) in [6, 6.07) is 18.5. The van der Waals surface area contributed by atoms with Gasteiger partial charge >= 0.3 is 0 Å². The Morgan fingerprint density at radius 3 is 2.59 bits per heavy atom. The van der Waals surface area contributed by atoms with Crippen molar-refractivity contribution in [1.82, 2.24) is 14.4 Å². The van der Waals surface area contributed by atoms with E-state index >= 15 is 0 Å². The number of thiazole rings is 1. The number of fused-ring (bicyclic) bond motifs is 1. The molecule has 0 atom stereocenters. The highest BCUT2D eigenvalue weighted by atomic mass is 32.1. The lowest BCUT2D eigenvalue weighted by Crippen LogP contribution is -2.19. The van der Waals surface area contributed by atoms with Crippen LogP contribution in [0.4, 0.5) is 15.8 Å². The summed E-state index contributed by atoms with van der Waals surface area (Å²) in [6.07, 6.45) is 3.45. The molecule has 5 aromatic rings. The highest BCUT2D eigenvalue weighted by Gasteiger charge is 2.16. The highest BCUT2D eigenvalue weighted by Crippen LogP contribution is 2.26. The molecule has 168 valence electrons. The Morgan fingerprint density at radius 2 is 1.79 bits per heavy atom. The number of hydrogen-bond donors (Lipinski definition) is 2. The van der Waals surface area contributed by atoms with Gasteiger partial charge in [0, 0.05) is 29.0 Å². The first-order chi connectivity index (χ1) is 16.6. The van der Waals surface area contributed by atoms with Gasteiger partial charge in [-0.1, -0.05) is 36.4 Å². The van der Waals surface area contributed by atoms with Crippen LogP contribution < -0.4 is 10.6 Å². The zero-order valence-electron chi connectivity index (χ0n) is 17.7. The fourth-order valence-electron chi connectivity index (χ4n) is 3.48. The Kier molecular flexibility index (Phi) is 5.84.